The lowest BCUT2D eigenvalue weighted by molar-refractivity contribution is -0.115. The molecule has 2 aliphatic rings. The van der Waals surface area contributed by atoms with Gasteiger partial charge < -0.3 is 10.6 Å². The molecule has 2 heterocycles. The lowest BCUT2D eigenvalue weighted by Gasteiger charge is -2.12. The van der Waals surface area contributed by atoms with Crippen molar-refractivity contribution >= 4 is 81.0 Å². The molecular formula is C34H26Cl2N6O2S. The van der Waals surface area contributed by atoms with Crippen molar-refractivity contribution < 1.29 is 9.59 Å². The second-order valence-electron chi connectivity index (χ2n) is 10.1. The van der Waals surface area contributed by atoms with E-state index >= 15 is 0 Å². The van der Waals surface area contributed by atoms with E-state index in [9.17, 15) is 9.59 Å². The molecule has 0 aliphatic carbocycles. The SMILES string of the molecule is CC1=NN(c2cccc(Cl)c2)C(=O)C1=CNc1ccc(Sc2ccc(NC=C3C(=O)N(c4cccc(Cl)c4)N=C3C)cc2)cc1. The van der Waals surface area contributed by atoms with Crippen LogP contribution >= 0.6 is 35.0 Å². The highest BCUT2D eigenvalue weighted by molar-refractivity contribution is 7.99. The lowest BCUT2D eigenvalue weighted by atomic mass is 10.2. The Kier molecular flexibility index (Phi) is 8.75. The standard InChI is InChI=1S/C34H26Cl2N6O2S/c1-21-31(33(43)41(39-21)27-7-3-5-23(35)17-27)19-37-25-9-13-29(14-10-25)45-30-15-11-26(12-16-30)38-20-32-22(2)40-42(34(32)44)28-8-4-6-24(36)18-28/h3-20,37-38H,1-2H3. The van der Waals surface area contributed by atoms with Crippen molar-refractivity contribution in [2.24, 2.45) is 10.2 Å². The molecule has 0 aromatic heterocycles. The molecule has 11 heteroatoms. The van der Waals surface area contributed by atoms with Crippen molar-refractivity contribution in [2.45, 2.75) is 23.6 Å². The summed E-state index contributed by atoms with van der Waals surface area (Å²) in [5.74, 6) is -0.442. The Bertz CT molecular complexity index is 1780. The van der Waals surface area contributed by atoms with Gasteiger partial charge in [0.25, 0.3) is 11.8 Å². The predicted molar refractivity (Wildman–Crippen MR) is 185 cm³/mol. The summed E-state index contributed by atoms with van der Waals surface area (Å²) in [4.78, 5) is 28.0. The Labute approximate surface area is 274 Å². The molecule has 6 rings (SSSR count). The number of amides is 2. The van der Waals surface area contributed by atoms with E-state index < -0.39 is 0 Å². The number of halogens is 2. The van der Waals surface area contributed by atoms with Gasteiger partial charge in [-0.15, -0.1) is 0 Å². The van der Waals surface area contributed by atoms with Crippen molar-refractivity contribution in [1.29, 1.82) is 0 Å². The Balaban J connectivity index is 1.04. The van der Waals surface area contributed by atoms with Crippen molar-refractivity contribution in [1.82, 2.24) is 0 Å². The van der Waals surface area contributed by atoms with Gasteiger partial charge in [0.05, 0.1) is 33.9 Å². The smallest absolute Gasteiger partial charge is 0.282 e. The second kappa shape index (κ2) is 13.0. The fraction of sp³-hybridized carbons (Fsp3) is 0.0588. The average Bonchev–Trinajstić information content (AvgIpc) is 3.49. The number of hydrogen-bond acceptors (Lipinski definition) is 7. The van der Waals surface area contributed by atoms with Crippen LogP contribution in [0.2, 0.25) is 10.0 Å². The van der Waals surface area contributed by atoms with Gasteiger partial charge in [-0.05, 0) is 98.8 Å². The van der Waals surface area contributed by atoms with Crippen LogP contribution in [0.25, 0.3) is 0 Å². The molecular weight excluding hydrogens is 627 g/mol. The summed E-state index contributed by atoms with van der Waals surface area (Å²) < 4.78 is 0. The molecule has 0 radical (unpaired) electrons. The first-order valence-corrected chi connectivity index (χ1v) is 15.4. The highest BCUT2D eigenvalue weighted by Crippen LogP contribution is 2.31. The molecule has 2 N–H and O–H groups in total. The monoisotopic (exact) mass is 652 g/mol. The summed E-state index contributed by atoms with van der Waals surface area (Å²) in [5, 5.41) is 19.0. The molecule has 4 aromatic carbocycles. The third kappa shape index (κ3) is 6.81. The van der Waals surface area contributed by atoms with Crippen LogP contribution in [0.15, 0.2) is 141 Å². The summed E-state index contributed by atoms with van der Waals surface area (Å²) in [6.07, 6.45) is 3.35. The van der Waals surface area contributed by atoms with E-state index in [0.717, 1.165) is 21.2 Å². The number of hydrazone groups is 2. The molecule has 2 aliphatic heterocycles. The summed E-state index contributed by atoms with van der Waals surface area (Å²) in [6.45, 7) is 3.60. The number of nitrogens with zero attached hydrogens (tertiary/aromatic N) is 4. The molecule has 8 nitrogen and oxygen atoms in total. The highest BCUT2D eigenvalue weighted by atomic mass is 35.5. The van der Waals surface area contributed by atoms with Gasteiger partial charge in [-0.2, -0.15) is 20.2 Å². The lowest BCUT2D eigenvalue weighted by Crippen LogP contribution is -2.21. The van der Waals surface area contributed by atoms with E-state index in [-0.39, 0.29) is 11.8 Å². The molecule has 2 amide bonds. The van der Waals surface area contributed by atoms with Crippen LogP contribution < -0.4 is 20.7 Å². The number of rotatable bonds is 8. The van der Waals surface area contributed by atoms with Crippen LogP contribution in [-0.2, 0) is 9.59 Å². The number of carbonyl (C=O) groups is 2. The highest BCUT2D eigenvalue weighted by Gasteiger charge is 2.30. The van der Waals surface area contributed by atoms with Crippen molar-refractivity contribution in [3.63, 3.8) is 0 Å². The minimum atomic E-state index is -0.221. The molecule has 45 heavy (non-hydrogen) atoms. The molecule has 224 valence electrons. The first kappa shape index (κ1) is 30.2. The topological polar surface area (TPSA) is 89.4 Å². The summed E-state index contributed by atoms with van der Waals surface area (Å²) in [5.41, 5.74) is 5.12. The number of nitrogens with one attached hydrogen (secondary N) is 2. The molecule has 0 atom stereocenters. The van der Waals surface area contributed by atoms with Crippen LogP contribution in [0.3, 0.4) is 0 Å². The Hall–Kier alpha value is -4.83. The van der Waals surface area contributed by atoms with Crippen LogP contribution in [0.1, 0.15) is 13.8 Å². The van der Waals surface area contributed by atoms with Crippen LogP contribution in [-0.4, -0.2) is 23.2 Å². The van der Waals surface area contributed by atoms with Crippen LogP contribution in [0, 0.1) is 0 Å². The average molecular weight is 654 g/mol. The normalized spacial score (nSPS) is 16.4. The first-order chi connectivity index (χ1) is 21.7. The predicted octanol–water partition coefficient (Wildman–Crippen LogP) is 8.58. The first-order valence-electron chi connectivity index (χ1n) is 13.9. The van der Waals surface area contributed by atoms with Gasteiger partial charge in [0, 0.05) is 43.6 Å². The van der Waals surface area contributed by atoms with E-state index in [2.05, 4.69) is 20.8 Å². The third-order valence-electron chi connectivity index (χ3n) is 6.94. The molecule has 0 bridgehead atoms. The summed E-state index contributed by atoms with van der Waals surface area (Å²) in [6, 6.07) is 29.9. The molecule has 0 spiro atoms. The van der Waals surface area contributed by atoms with E-state index in [1.54, 1.807) is 86.5 Å². The largest absolute Gasteiger partial charge is 0.361 e. The van der Waals surface area contributed by atoms with Gasteiger partial charge >= 0.3 is 0 Å². The van der Waals surface area contributed by atoms with Crippen molar-refractivity contribution in [3.8, 4) is 0 Å². The zero-order valence-electron chi connectivity index (χ0n) is 24.2. The Morgan fingerprint density at radius 2 is 1.02 bits per heavy atom. The number of benzene rings is 4. The maximum atomic E-state index is 13.0. The summed E-state index contributed by atoms with van der Waals surface area (Å²) in [7, 11) is 0. The minimum absolute atomic E-state index is 0.221. The van der Waals surface area contributed by atoms with Gasteiger partial charge in [0.15, 0.2) is 0 Å². The zero-order valence-corrected chi connectivity index (χ0v) is 26.5. The number of anilines is 4. The maximum Gasteiger partial charge on any atom is 0.282 e. The van der Waals surface area contributed by atoms with E-state index in [4.69, 9.17) is 23.2 Å². The molecule has 4 aromatic rings. The van der Waals surface area contributed by atoms with E-state index in [1.807, 2.05) is 48.5 Å². The molecule has 0 saturated carbocycles. The number of hydrogen-bond donors (Lipinski definition) is 2. The molecule has 0 fully saturated rings. The van der Waals surface area contributed by atoms with Gasteiger partial charge in [0.1, 0.15) is 0 Å². The quantitative estimate of drug-likeness (QED) is 0.186. The van der Waals surface area contributed by atoms with E-state index in [1.165, 1.54) is 10.0 Å². The van der Waals surface area contributed by atoms with Crippen LogP contribution in [0.4, 0.5) is 22.7 Å². The molecule has 0 unspecified atom stereocenters. The van der Waals surface area contributed by atoms with Crippen LogP contribution in [0.5, 0.6) is 0 Å². The Morgan fingerprint density at radius 1 is 0.622 bits per heavy atom. The van der Waals surface area contributed by atoms with Gasteiger partial charge in [-0.3, -0.25) is 9.59 Å². The van der Waals surface area contributed by atoms with E-state index in [0.29, 0.717) is 44.0 Å². The fourth-order valence-corrected chi connectivity index (χ4v) is 5.81. The van der Waals surface area contributed by atoms with Crippen molar-refractivity contribution in [2.75, 3.05) is 20.7 Å². The fourth-order valence-electron chi connectivity index (χ4n) is 4.62. The van der Waals surface area contributed by atoms with Crippen molar-refractivity contribution in [3.05, 3.63) is 131 Å². The van der Waals surface area contributed by atoms with Gasteiger partial charge in [-0.1, -0.05) is 47.1 Å². The maximum absolute atomic E-state index is 13.0. The van der Waals surface area contributed by atoms with Gasteiger partial charge in [-0.25, -0.2) is 0 Å². The summed E-state index contributed by atoms with van der Waals surface area (Å²) >= 11 is 13.8. The molecule has 0 saturated heterocycles. The number of carbonyl (C=O) groups excluding carboxylic acids is 2. The second-order valence-corrected chi connectivity index (χ2v) is 12.1. The van der Waals surface area contributed by atoms with Gasteiger partial charge in [0.2, 0.25) is 0 Å². The Morgan fingerprint density at radius 3 is 1.40 bits per heavy atom. The minimum Gasteiger partial charge on any atom is -0.361 e. The third-order valence-corrected chi connectivity index (χ3v) is 8.43. The zero-order chi connectivity index (χ0) is 31.5.